The van der Waals surface area contributed by atoms with Crippen LogP contribution in [0, 0.1) is 6.92 Å². The lowest BCUT2D eigenvalue weighted by atomic mass is 10.4. The number of nitrogens with one attached hydrogen (secondary N) is 2. The average Bonchev–Trinajstić information content (AvgIpc) is 2.30. The maximum Gasteiger partial charge on any atom is 0.171 e. The van der Waals surface area contributed by atoms with Crippen LogP contribution in [0.1, 0.15) is 12.1 Å². The molecule has 0 fully saturated rings. The number of aryl methyl sites for hydroxylation is 1. The first kappa shape index (κ1) is 14.2. The number of pyridine rings is 1. The fraction of sp³-hybridized carbons (Fsp3) is 0.455. The van der Waals surface area contributed by atoms with Gasteiger partial charge < -0.3 is 15.4 Å². The van der Waals surface area contributed by atoms with E-state index >= 15 is 0 Å². The summed E-state index contributed by atoms with van der Waals surface area (Å²) in [5.41, 5.74) is 0.777. The number of methoxy groups -OCH3 is 1. The van der Waals surface area contributed by atoms with Crippen LogP contribution in [0.15, 0.2) is 12.1 Å². The molecule has 0 aliphatic rings. The fourth-order valence-electron chi connectivity index (χ4n) is 1.19. The van der Waals surface area contributed by atoms with Crippen LogP contribution in [0.3, 0.4) is 0 Å². The summed E-state index contributed by atoms with van der Waals surface area (Å²) < 4.78 is 4.94. The summed E-state index contributed by atoms with van der Waals surface area (Å²) in [6, 6.07) is 3.58. The smallest absolute Gasteiger partial charge is 0.171 e. The topological polar surface area (TPSA) is 46.2 Å². The van der Waals surface area contributed by atoms with Gasteiger partial charge in [-0.25, -0.2) is 4.98 Å². The largest absolute Gasteiger partial charge is 0.385 e. The van der Waals surface area contributed by atoms with Crippen molar-refractivity contribution in [1.29, 1.82) is 0 Å². The van der Waals surface area contributed by atoms with Crippen molar-refractivity contribution in [3.63, 3.8) is 0 Å². The lowest BCUT2D eigenvalue weighted by Crippen LogP contribution is -2.30. The van der Waals surface area contributed by atoms with Crippen LogP contribution in [0.4, 0.5) is 5.82 Å². The van der Waals surface area contributed by atoms with Crippen molar-refractivity contribution < 1.29 is 4.74 Å². The van der Waals surface area contributed by atoms with Crippen LogP contribution in [-0.4, -0.2) is 30.4 Å². The molecule has 0 amide bonds. The second-order valence-corrected chi connectivity index (χ2v) is 4.31. The number of halogens is 1. The molecular weight excluding hydrogens is 258 g/mol. The van der Waals surface area contributed by atoms with E-state index in [1.165, 1.54) is 0 Å². The van der Waals surface area contributed by atoms with Crippen molar-refractivity contribution in [2.75, 3.05) is 25.6 Å². The molecule has 2 N–H and O–H groups in total. The van der Waals surface area contributed by atoms with E-state index < -0.39 is 0 Å². The molecule has 4 nitrogen and oxygen atoms in total. The van der Waals surface area contributed by atoms with Crippen molar-refractivity contribution in [2.45, 2.75) is 13.3 Å². The Morgan fingerprint density at radius 3 is 2.94 bits per heavy atom. The molecule has 0 aliphatic heterocycles. The number of thiocarbonyl (C=S) groups is 1. The van der Waals surface area contributed by atoms with Gasteiger partial charge in [0.25, 0.3) is 0 Å². The standard InChI is InChI=1S/C11H16ClN3OS/c1-8-9(12)4-5-10(14-8)15-11(17)13-6-3-7-16-2/h4-5H,3,6-7H2,1-2H3,(H2,13,14,15,17). The third-order valence-electron chi connectivity index (χ3n) is 2.07. The Morgan fingerprint density at radius 2 is 2.29 bits per heavy atom. The third-order valence-corrected chi connectivity index (χ3v) is 2.72. The maximum atomic E-state index is 5.88. The zero-order chi connectivity index (χ0) is 12.7. The Bertz CT molecular complexity index is 387. The zero-order valence-electron chi connectivity index (χ0n) is 9.92. The highest BCUT2D eigenvalue weighted by Crippen LogP contribution is 2.15. The van der Waals surface area contributed by atoms with Gasteiger partial charge in [-0.3, -0.25) is 0 Å². The molecule has 1 rings (SSSR count). The number of rotatable bonds is 5. The van der Waals surface area contributed by atoms with Gasteiger partial charge >= 0.3 is 0 Å². The number of nitrogens with zero attached hydrogens (tertiary/aromatic N) is 1. The van der Waals surface area contributed by atoms with Crippen molar-refractivity contribution in [1.82, 2.24) is 10.3 Å². The van der Waals surface area contributed by atoms with E-state index in [4.69, 9.17) is 28.6 Å². The first-order valence-corrected chi connectivity index (χ1v) is 6.09. The van der Waals surface area contributed by atoms with Gasteiger partial charge in [-0.15, -0.1) is 0 Å². The van der Waals surface area contributed by atoms with Crippen molar-refractivity contribution in [3.05, 3.63) is 22.8 Å². The summed E-state index contributed by atoms with van der Waals surface area (Å²) in [7, 11) is 1.68. The second-order valence-electron chi connectivity index (χ2n) is 3.49. The number of ether oxygens (including phenoxy) is 1. The van der Waals surface area contributed by atoms with Gasteiger partial charge in [0.1, 0.15) is 5.82 Å². The normalized spacial score (nSPS) is 10.1. The molecular formula is C11H16ClN3OS. The molecule has 0 unspecified atom stereocenters. The zero-order valence-corrected chi connectivity index (χ0v) is 11.5. The highest BCUT2D eigenvalue weighted by molar-refractivity contribution is 7.80. The number of aromatic nitrogens is 1. The molecule has 17 heavy (non-hydrogen) atoms. The molecule has 0 spiro atoms. The summed E-state index contributed by atoms with van der Waals surface area (Å²) in [4.78, 5) is 4.26. The van der Waals surface area contributed by atoms with Gasteiger partial charge in [0.2, 0.25) is 0 Å². The summed E-state index contributed by atoms with van der Waals surface area (Å²) in [6.45, 7) is 3.34. The second kappa shape index (κ2) is 7.42. The lowest BCUT2D eigenvalue weighted by molar-refractivity contribution is 0.196. The van der Waals surface area contributed by atoms with Crippen molar-refractivity contribution in [3.8, 4) is 0 Å². The molecule has 94 valence electrons. The molecule has 0 saturated carbocycles. The molecule has 1 aromatic heterocycles. The number of hydrogen-bond donors (Lipinski definition) is 2. The fourth-order valence-corrected chi connectivity index (χ4v) is 1.50. The molecule has 0 saturated heterocycles. The Balaban J connectivity index is 2.37. The van der Waals surface area contributed by atoms with E-state index in [1.54, 1.807) is 19.2 Å². The van der Waals surface area contributed by atoms with Gasteiger partial charge in [0.05, 0.1) is 10.7 Å². The van der Waals surface area contributed by atoms with E-state index in [1.807, 2.05) is 6.92 Å². The molecule has 0 radical (unpaired) electrons. The molecule has 0 bridgehead atoms. The Labute approximate surface area is 112 Å². The van der Waals surface area contributed by atoms with Gasteiger partial charge in [-0.2, -0.15) is 0 Å². The summed E-state index contributed by atoms with van der Waals surface area (Å²) in [5.74, 6) is 0.691. The van der Waals surface area contributed by atoms with Crippen molar-refractivity contribution in [2.24, 2.45) is 0 Å². The van der Waals surface area contributed by atoms with Crippen molar-refractivity contribution >= 4 is 34.7 Å². The predicted octanol–water partition coefficient (Wildman–Crippen LogP) is 2.37. The van der Waals surface area contributed by atoms with Crippen LogP contribution in [0.25, 0.3) is 0 Å². The van der Waals surface area contributed by atoms with E-state index in [0.29, 0.717) is 22.6 Å². The van der Waals surface area contributed by atoms with Crippen LogP contribution in [0.5, 0.6) is 0 Å². The van der Waals surface area contributed by atoms with Gasteiger partial charge in [-0.05, 0) is 37.7 Å². The molecule has 6 heteroatoms. The van der Waals surface area contributed by atoms with Crippen LogP contribution < -0.4 is 10.6 Å². The highest BCUT2D eigenvalue weighted by Gasteiger charge is 2.01. The SMILES string of the molecule is COCCCNC(=S)Nc1ccc(Cl)c(C)n1. The molecule has 0 atom stereocenters. The Kier molecular flexibility index (Phi) is 6.18. The third kappa shape index (κ3) is 5.30. The summed E-state index contributed by atoms with van der Waals surface area (Å²) >= 11 is 11.0. The molecule has 0 aromatic carbocycles. The minimum Gasteiger partial charge on any atom is -0.385 e. The van der Waals surface area contributed by atoms with Crippen LogP contribution in [0.2, 0.25) is 5.02 Å². The highest BCUT2D eigenvalue weighted by atomic mass is 35.5. The minimum atomic E-state index is 0.551. The van der Waals surface area contributed by atoms with E-state index in [2.05, 4.69) is 15.6 Å². The first-order chi connectivity index (χ1) is 8.13. The van der Waals surface area contributed by atoms with Gasteiger partial charge in [0, 0.05) is 20.3 Å². The molecule has 0 aliphatic carbocycles. The average molecular weight is 274 g/mol. The minimum absolute atomic E-state index is 0.551. The Hall–Kier alpha value is -0.910. The first-order valence-electron chi connectivity index (χ1n) is 5.30. The van der Waals surface area contributed by atoms with E-state index in [0.717, 1.165) is 18.7 Å². The van der Waals surface area contributed by atoms with Gasteiger partial charge in [0.15, 0.2) is 5.11 Å². The number of anilines is 1. The van der Waals surface area contributed by atoms with Crippen LogP contribution in [-0.2, 0) is 4.74 Å². The number of hydrogen-bond acceptors (Lipinski definition) is 3. The van der Waals surface area contributed by atoms with Crippen LogP contribution >= 0.6 is 23.8 Å². The Morgan fingerprint density at radius 1 is 1.53 bits per heavy atom. The quantitative estimate of drug-likeness (QED) is 0.637. The molecule has 1 heterocycles. The predicted molar refractivity (Wildman–Crippen MR) is 74.7 cm³/mol. The van der Waals surface area contributed by atoms with E-state index in [-0.39, 0.29) is 0 Å². The maximum absolute atomic E-state index is 5.88. The van der Waals surface area contributed by atoms with Gasteiger partial charge in [-0.1, -0.05) is 11.6 Å². The lowest BCUT2D eigenvalue weighted by Gasteiger charge is -2.10. The summed E-state index contributed by atoms with van der Waals surface area (Å²) in [5, 5.41) is 7.26. The van der Waals surface area contributed by atoms with E-state index in [9.17, 15) is 0 Å². The molecule has 1 aromatic rings. The monoisotopic (exact) mass is 273 g/mol. The summed E-state index contributed by atoms with van der Waals surface area (Å²) in [6.07, 6.45) is 0.908.